The van der Waals surface area contributed by atoms with Crippen LogP contribution < -0.4 is 15.3 Å². The Morgan fingerprint density at radius 3 is 2.42 bits per heavy atom. The Hall–Kier alpha value is -3.59. The maximum absolute atomic E-state index is 13.5. The highest BCUT2D eigenvalue weighted by Gasteiger charge is 2.27. The zero-order chi connectivity index (χ0) is 23.4. The molecule has 0 atom stereocenters. The molecule has 33 heavy (non-hydrogen) atoms. The average Bonchev–Trinajstić information content (AvgIpc) is 3.39. The lowest BCUT2D eigenvalue weighted by atomic mass is 9.96. The van der Waals surface area contributed by atoms with Gasteiger partial charge in [-0.2, -0.15) is 9.69 Å². The third kappa shape index (κ3) is 3.22. The number of amides is 2. The predicted octanol–water partition coefficient (Wildman–Crippen LogP) is 3.51. The second kappa shape index (κ2) is 7.77. The number of imide groups is 1. The van der Waals surface area contributed by atoms with Crippen LogP contribution in [0.2, 0.25) is 0 Å². The minimum absolute atomic E-state index is 0.263. The Kier molecular flexibility index (Phi) is 5.01. The Morgan fingerprint density at radius 2 is 1.79 bits per heavy atom. The highest BCUT2D eigenvalue weighted by Crippen LogP contribution is 2.43. The van der Waals surface area contributed by atoms with E-state index in [1.807, 2.05) is 24.3 Å². The zero-order valence-electron chi connectivity index (χ0n) is 18.8. The molecule has 0 fully saturated rings. The van der Waals surface area contributed by atoms with E-state index in [4.69, 9.17) is 14.7 Å². The predicted molar refractivity (Wildman–Crippen MR) is 128 cm³/mol. The molecule has 0 aliphatic heterocycles. The molecule has 0 N–H and O–H groups in total. The fourth-order valence-electron chi connectivity index (χ4n) is 4.63. The first-order valence-corrected chi connectivity index (χ1v) is 11.5. The van der Waals surface area contributed by atoms with Crippen LogP contribution in [0.4, 0.5) is 0 Å². The molecule has 0 radical (unpaired) electrons. The normalized spacial score (nSPS) is 12.8. The number of hydrogen-bond donors (Lipinski definition) is 0. The second-order valence-electron chi connectivity index (χ2n) is 8.08. The van der Waals surface area contributed by atoms with E-state index in [1.165, 1.54) is 30.7 Å². The number of ether oxygens (including phenoxy) is 1. The Bertz CT molecular complexity index is 1500. The molecular weight excluding hydrogens is 440 g/mol. The van der Waals surface area contributed by atoms with Crippen molar-refractivity contribution in [2.75, 3.05) is 12.1 Å². The lowest BCUT2D eigenvalue weighted by Gasteiger charge is -2.21. The summed E-state index contributed by atoms with van der Waals surface area (Å²) in [5.74, 6) is -0.0722. The SMILES string of the molecule is COc1ccc(-c2c3c(nc4sc5c(=O)n(N(C(C)=O)C(C)=O)c(C)nc5c24)CCC3)cc1. The molecule has 0 bridgehead atoms. The van der Waals surface area contributed by atoms with Crippen LogP contribution in [0.3, 0.4) is 0 Å². The van der Waals surface area contributed by atoms with E-state index < -0.39 is 17.4 Å². The summed E-state index contributed by atoms with van der Waals surface area (Å²) in [7, 11) is 1.63. The van der Waals surface area contributed by atoms with Crippen LogP contribution in [0.5, 0.6) is 5.75 Å². The van der Waals surface area contributed by atoms with Gasteiger partial charge in [-0.1, -0.05) is 12.1 Å². The molecule has 0 saturated heterocycles. The Morgan fingerprint density at radius 1 is 1.09 bits per heavy atom. The number of hydrogen-bond acceptors (Lipinski definition) is 7. The molecule has 168 valence electrons. The van der Waals surface area contributed by atoms with Crippen molar-refractivity contribution >= 4 is 43.6 Å². The summed E-state index contributed by atoms with van der Waals surface area (Å²) in [6.07, 6.45) is 2.84. The number of fused-ring (bicyclic) bond motifs is 4. The van der Waals surface area contributed by atoms with Gasteiger partial charge in [-0.3, -0.25) is 14.4 Å². The number of thiophene rings is 1. The first kappa shape index (κ1) is 21.3. The van der Waals surface area contributed by atoms with E-state index >= 15 is 0 Å². The Balaban J connectivity index is 1.88. The average molecular weight is 463 g/mol. The highest BCUT2D eigenvalue weighted by atomic mass is 32.1. The summed E-state index contributed by atoms with van der Waals surface area (Å²) in [6, 6.07) is 7.86. The van der Waals surface area contributed by atoms with Gasteiger partial charge < -0.3 is 4.74 Å². The van der Waals surface area contributed by atoms with Gasteiger partial charge in [0.15, 0.2) is 0 Å². The van der Waals surface area contributed by atoms with Crippen molar-refractivity contribution < 1.29 is 14.3 Å². The van der Waals surface area contributed by atoms with Gasteiger partial charge in [-0.15, -0.1) is 11.3 Å². The van der Waals surface area contributed by atoms with Crippen LogP contribution in [0.15, 0.2) is 29.1 Å². The third-order valence-electron chi connectivity index (χ3n) is 5.98. The molecule has 9 heteroatoms. The zero-order valence-corrected chi connectivity index (χ0v) is 19.6. The van der Waals surface area contributed by atoms with Crippen LogP contribution in [0.25, 0.3) is 31.6 Å². The van der Waals surface area contributed by atoms with Gasteiger partial charge >= 0.3 is 0 Å². The highest BCUT2D eigenvalue weighted by molar-refractivity contribution is 7.25. The van der Waals surface area contributed by atoms with Crippen LogP contribution >= 0.6 is 11.3 Å². The number of benzene rings is 1. The fraction of sp³-hybridized carbons (Fsp3) is 0.292. The summed E-state index contributed by atoms with van der Waals surface area (Å²) in [5, 5.41) is 1.66. The van der Waals surface area contributed by atoms with Crippen molar-refractivity contribution in [1.82, 2.24) is 14.6 Å². The minimum atomic E-state index is -0.550. The fourth-order valence-corrected chi connectivity index (χ4v) is 5.70. The van der Waals surface area contributed by atoms with E-state index in [-0.39, 0.29) is 5.82 Å². The number of carbonyl (C=O) groups excluding carboxylic acids is 2. The molecule has 0 saturated carbocycles. The number of methoxy groups -OCH3 is 1. The van der Waals surface area contributed by atoms with Crippen molar-refractivity contribution in [3.8, 4) is 16.9 Å². The molecule has 0 unspecified atom stereocenters. The van der Waals surface area contributed by atoms with Gasteiger partial charge in [0.1, 0.15) is 21.1 Å². The number of aromatic nitrogens is 3. The van der Waals surface area contributed by atoms with Crippen molar-refractivity contribution in [2.45, 2.75) is 40.0 Å². The maximum atomic E-state index is 13.5. The van der Waals surface area contributed by atoms with Crippen LogP contribution in [0.1, 0.15) is 37.4 Å². The maximum Gasteiger partial charge on any atom is 0.291 e. The number of rotatable bonds is 3. The van der Waals surface area contributed by atoms with Gasteiger partial charge in [0.2, 0.25) is 11.8 Å². The first-order valence-electron chi connectivity index (χ1n) is 10.7. The topological polar surface area (TPSA) is 94.4 Å². The summed E-state index contributed by atoms with van der Waals surface area (Å²) in [6.45, 7) is 4.11. The lowest BCUT2D eigenvalue weighted by molar-refractivity contribution is -0.126. The molecule has 1 aliphatic carbocycles. The third-order valence-corrected chi connectivity index (χ3v) is 7.04. The number of carbonyl (C=O) groups is 2. The van der Waals surface area contributed by atoms with Gasteiger partial charge in [0.05, 0.1) is 12.6 Å². The van der Waals surface area contributed by atoms with Crippen molar-refractivity contribution in [2.24, 2.45) is 0 Å². The van der Waals surface area contributed by atoms with E-state index in [9.17, 15) is 14.4 Å². The second-order valence-corrected chi connectivity index (χ2v) is 9.08. The van der Waals surface area contributed by atoms with Gasteiger partial charge in [-0.05, 0) is 55.0 Å². The van der Waals surface area contributed by atoms with E-state index in [0.29, 0.717) is 10.2 Å². The van der Waals surface area contributed by atoms with E-state index in [2.05, 4.69) is 0 Å². The molecule has 1 aliphatic rings. The molecule has 3 heterocycles. The molecule has 3 aromatic heterocycles. The van der Waals surface area contributed by atoms with Gasteiger partial charge in [-0.25, -0.2) is 9.97 Å². The minimum Gasteiger partial charge on any atom is -0.497 e. The smallest absolute Gasteiger partial charge is 0.291 e. The standard InChI is InChI=1S/C24H22N4O4S/c1-12-25-21-20-19(15-8-10-16(32-4)11-9-15)17-6-5-7-18(17)26-23(20)33-22(21)24(31)27(12)28(13(2)29)14(3)30/h8-11H,5-7H2,1-4H3. The molecule has 1 aromatic carbocycles. The molecule has 2 amide bonds. The summed E-state index contributed by atoms with van der Waals surface area (Å²) >= 11 is 1.25. The molecule has 0 spiro atoms. The van der Waals surface area contributed by atoms with Crippen molar-refractivity contribution in [3.63, 3.8) is 0 Å². The van der Waals surface area contributed by atoms with Crippen molar-refractivity contribution in [3.05, 3.63) is 51.7 Å². The Labute approximate surface area is 193 Å². The monoisotopic (exact) mass is 462 g/mol. The molecule has 5 rings (SSSR count). The lowest BCUT2D eigenvalue weighted by Crippen LogP contribution is -2.49. The summed E-state index contributed by atoms with van der Waals surface area (Å²) in [5.41, 5.74) is 4.39. The first-order chi connectivity index (χ1) is 15.8. The number of pyridine rings is 1. The summed E-state index contributed by atoms with van der Waals surface area (Å²) in [4.78, 5) is 48.1. The van der Waals surface area contributed by atoms with E-state index in [1.54, 1.807) is 14.0 Å². The number of aryl methyl sites for hydroxylation is 2. The van der Waals surface area contributed by atoms with Crippen LogP contribution in [-0.4, -0.2) is 33.6 Å². The quantitative estimate of drug-likeness (QED) is 0.463. The van der Waals surface area contributed by atoms with Crippen LogP contribution in [-0.2, 0) is 22.4 Å². The number of nitrogens with zero attached hydrogens (tertiary/aromatic N) is 4. The van der Waals surface area contributed by atoms with Gasteiger partial charge in [0.25, 0.3) is 5.56 Å². The molecule has 4 aromatic rings. The van der Waals surface area contributed by atoms with Crippen molar-refractivity contribution in [1.29, 1.82) is 0 Å². The van der Waals surface area contributed by atoms with Crippen LogP contribution in [0, 0.1) is 6.92 Å². The van der Waals surface area contributed by atoms with E-state index in [0.717, 1.165) is 61.7 Å². The molecular formula is C24H22N4O4S. The molecule has 8 nitrogen and oxygen atoms in total. The summed E-state index contributed by atoms with van der Waals surface area (Å²) < 4.78 is 6.75. The van der Waals surface area contributed by atoms with Gasteiger partial charge in [0, 0.05) is 24.9 Å². The largest absolute Gasteiger partial charge is 0.497 e.